The van der Waals surface area contributed by atoms with Crippen LogP contribution in [0.1, 0.15) is 18.5 Å². The van der Waals surface area contributed by atoms with E-state index >= 15 is 0 Å². The van der Waals surface area contributed by atoms with Crippen molar-refractivity contribution in [3.8, 4) is 22.9 Å². The number of primary amides is 1. The predicted molar refractivity (Wildman–Crippen MR) is 114 cm³/mol. The third-order valence-corrected chi connectivity index (χ3v) is 5.17. The number of benzene rings is 2. The molecule has 0 aliphatic carbocycles. The smallest absolute Gasteiger partial charge is 0.248 e. The molecule has 4 rings (SSSR count). The maximum absolute atomic E-state index is 12.4. The Morgan fingerprint density at radius 3 is 2.67 bits per heavy atom. The number of ether oxygens (including phenoxy) is 2. The van der Waals surface area contributed by atoms with Gasteiger partial charge in [-0.3, -0.25) is 4.79 Å². The summed E-state index contributed by atoms with van der Waals surface area (Å²) in [4.78, 5) is 17.0. The number of hydrogen-bond acceptors (Lipinski definition) is 6. The largest absolute Gasteiger partial charge is 0.497 e. The Kier molecular flexibility index (Phi) is 5.09. The molecule has 154 valence electrons. The second-order valence-corrected chi connectivity index (χ2v) is 7.19. The molecule has 1 aliphatic rings. The minimum absolute atomic E-state index is 0.369. The van der Waals surface area contributed by atoms with E-state index in [1.807, 2.05) is 18.2 Å². The lowest BCUT2D eigenvalue weighted by molar-refractivity contribution is -0.115. The van der Waals surface area contributed by atoms with Crippen molar-refractivity contribution >= 4 is 23.5 Å². The van der Waals surface area contributed by atoms with Gasteiger partial charge >= 0.3 is 0 Å². The lowest BCUT2D eigenvalue weighted by Gasteiger charge is -2.28. The van der Waals surface area contributed by atoms with Gasteiger partial charge in [0.2, 0.25) is 11.9 Å². The topological polar surface area (TPSA) is 104 Å². The van der Waals surface area contributed by atoms with Crippen molar-refractivity contribution in [2.45, 2.75) is 13.0 Å². The number of halogens is 1. The maximum atomic E-state index is 12.4. The summed E-state index contributed by atoms with van der Waals surface area (Å²) >= 11 is 6.13. The summed E-state index contributed by atoms with van der Waals surface area (Å²) in [5.41, 5.74) is 8.18. The van der Waals surface area contributed by atoms with Crippen LogP contribution in [0.5, 0.6) is 11.5 Å². The molecule has 2 heterocycles. The highest BCUT2D eigenvalue weighted by Crippen LogP contribution is 2.40. The van der Waals surface area contributed by atoms with Gasteiger partial charge in [0.15, 0.2) is 5.82 Å². The van der Waals surface area contributed by atoms with E-state index < -0.39 is 11.9 Å². The predicted octanol–water partition coefficient (Wildman–Crippen LogP) is 3.39. The van der Waals surface area contributed by atoms with Gasteiger partial charge in [-0.1, -0.05) is 23.7 Å². The molecule has 1 atom stereocenters. The number of anilines is 1. The van der Waals surface area contributed by atoms with Crippen molar-refractivity contribution in [1.82, 2.24) is 14.8 Å². The van der Waals surface area contributed by atoms with Crippen molar-refractivity contribution in [3.63, 3.8) is 0 Å². The SMILES string of the molecule is COc1ccc([C@@H]2C(C(N)=O)=C(C)Nc3nc(-c4cccc(Cl)c4)nn32)c(OC)c1. The van der Waals surface area contributed by atoms with E-state index in [0.29, 0.717) is 45.1 Å². The molecule has 0 saturated carbocycles. The van der Waals surface area contributed by atoms with Gasteiger partial charge in [-0.15, -0.1) is 5.10 Å². The first-order chi connectivity index (χ1) is 14.4. The van der Waals surface area contributed by atoms with Crippen molar-refractivity contribution in [3.05, 3.63) is 64.3 Å². The van der Waals surface area contributed by atoms with E-state index in [4.69, 9.17) is 26.8 Å². The van der Waals surface area contributed by atoms with Gasteiger partial charge in [-0.05, 0) is 31.2 Å². The van der Waals surface area contributed by atoms with Gasteiger partial charge in [0, 0.05) is 27.9 Å². The number of nitrogens with zero attached hydrogens (tertiary/aromatic N) is 3. The zero-order valence-electron chi connectivity index (χ0n) is 16.6. The van der Waals surface area contributed by atoms with Crippen LogP contribution in [0.15, 0.2) is 53.7 Å². The zero-order valence-corrected chi connectivity index (χ0v) is 17.4. The number of amides is 1. The number of nitrogens with one attached hydrogen (secondary N) is 1. The van der Waals surface area contributed by atoms with E-state index in [1.54, 1.807) is 50.1 Å². The van der Waals surface area contributed by atoms with Crippen LogP contribution in [-0.2, 0) is 4.79 Å². The zero-order chi connectivity index (χ0) is 21.4. The fourth-order valence-electron chi connectivity index (χ4n) is 3.55. The molecule has 1 aliphatic heterocycles. The van der Waals surface area contributed by atoms with Gasteiger partial charge in [-0.25, -0.2) is 4.68 Å². The molecule has 0 saturated heterocycles. The van der Waals surface area contributed by atoms with Crippen LogP contribution < -0.4 is 20.5 Å². The summed E-state index contributed by atoms with van der Waals surface area (Å²) in [5, 5.41) is 8.36. The number of methoxy groups -OCH3 is 2. The monoisotopic (exact) mass is 425 g/mol. The minimum atomic E-state index is -0.625. The van der Waals surface area contributed by atoms with Crippen LogP contribution in [0.3, 0.4) is 0 Å². The van der Waals surface area contributed by atoms with Crippen molar-refractivity contribution in [1.29, 1.82) is 0 Å². The molecule has 3 N–H and O–H groups in total. The van der Waals surface area contributed by atoms with E-state index in [1.165, 1.54) is 0 Å². The number of hydrogen-bond donors (Lipinski definition) is 2. The number of allylic oxidation sites excluding steroid dienone is 1. The molecule has 8 nitrogen and oxygen atoms in total. The fraction of sp³-hybridized carbons (Fsp3) is 0.190. The van der Waals surface area contributed by atoms with Gasteiger partial charge in [-0.2, -0.15) is 4.98 Å². The molecule has 0 radical (unpaired) electrons. The van der Waals surface area contributed by atoms with E-state index in [2.05, 4.69) is 15.4 Å². The molecular formula is C21H20ClN5O3. The third-order valence-electron chi connectivity index (χ3n) is 4.94. The highest BCUT2D eigenvalue weighted by Gasteiger charge is 2.35. The Balaban J connectivity index is 1.92. The van der Waals surface area contributed by atoms with Crippen LogP contribution in [0.2, 0.25) is 5.02 Å². The van der Waals surface area contributed by atoms with Crippen molar-refractivity contribution in [2.24, 2.45) is 5.73 Å². The van der Waals surface area contributed by atoms with E-state index in [9.17, 15) is 4.79 Å². The Morgan fingerprint density at radius 1 is 1.20 bits per heavy atom. The van der Waals surface area contributed by atoms with Gasteiger partial charge in [0.05, 0.1) is 19.8 Å². The van der Waals surface area contributed by atoms with Gasteiger partial charge in [0.25, 0.3) is 0 Å². The van der Waals surface area contributed by atoms with E-state index in [0.717, 1.165) is 5.56 Å². The van der Waals surface area contributed by atoms with Gasteiger partial charge < -0.3 is 20.5 Å². The second-order valence-electron chi connectivity index (χ2n) is 6.75. The molecule has 1 aromatic heterocycles. The highest BCUT2D eigenvalue weighted by molar-refractivity contribution is 6.30. The number of aromatic nitrogens is 3. The quantitative estimate of drug-likeness (QED) is 0.649. The van der Waals surface area contributed by atoms with Crippen LogP contribution >= 0.6 is 11.6 Å². The molecule has 9 heteroatoms. The number of carbonyl (C=O) groups is 1. The molecule has 2 aromatic carbocycles. The standard InChI is InChI=1S/C21H20ClN5O3/c1-11-17(19(23)28)18(15-8-7-14(29-2)10-16(15)30-3)27-21(24-11)25-20(26-27)12-5-4-6-13(22)9-12/h4-10,18H,1-3H3,(H2,23,28)(H,24,25,26)/t18-/m1/s1. The lowest BCUT2D eigenvalue weighted by atomic mass is 9.94. The summed E-state index contributed by atoms with van der Waals surface area (Å²) in [6, 6.07) is 12.0. The minimum Gasteiger partial charge on any atom is -0.497 e. The molecule has 30 heavy (non-hydrogen) atoms. The average Bonchev–Trinajstić information content (AvgIpc) is 3.15. The molecule has 3 aromatic rings. The van der Waals surface area contributed by atoms with E-state index in [-0.39, 0.29) is 0 Å². The molecule has 0 bridgehead atoms. The second kappa shape index (κ2) is 7.72. The van der Waals surface area contributed by atoms with Crippen LogP contribution in [-0.4, -0.2) is 34.9 Å². The fourth-order valence-corrected chi connectivity index (χ4v) is 3.74. The number of fused-ring (bicyclic) bond motifs is 1. The molecule has 0 unspecified atom stereocenters. The Morgan fingerprint density at radius 2 is 2.00 bits per heavy atom. The summed E-state index contributed by atoms with van der Waals surface area (Å²) in [6.45, 7) is 1.78. The Labute approximate surface area is 178 Å². The van der Waals surface area contributed by atoms with Crippen LogP contribution in [0, 0.1) is 0 Å². The normalized spacial score (nSPS) is 15.4. The first-order valence-corrected chi connectivity index (χ1v) is 9.52. The first-order valence-electron chi connectivity index (χ1n) is 9.15. The summed E-state index contributed by atoms with van der Waals surface area (Å²) in [5.74, 6) is 1.56. The highest BCUT2D eigenvalue weighted by atomic mass is 35.5. The summed E-state index contributed by atoms with van der Waals surface area (Å²) in [7, 11) is 3.13. The van der Waals surface area contributed by atoms with Crippen molar-refractivity contribution < 1.29 is 14.3 Å². The van der Waals surface area contributed by atoms with Crippen LogP contribution in [0.4, 0.5) is 5.95 Å². The molecule has 0 spiro atoms. The Hall–Kier alpha value is -3.52. The number of carbonyl (C=O) groups excluding carboxylic acids is 1. The maximum Gasteiger partial charge on any atom is 0.248 e. The van der Waals surface area contributed by atoms with Gasteiger partial charge in [0.1, 0.15) is 17.5 Å². The molecule has 0 fully saturated rings. The van der Waals surface area contributed by atoms with Crippen molar-refractivity contribution in [2.75, 3.05) is 19.5 Å². The number of nitrogens with two attached hydrogens (primary N) is 1. The molecular weight excluding hydrogens is 406 g/mol. The molecule has 1 amide bonds. The number of rotatable bonds is 5. The summed E-state index contributed by atoms with van der Waals surface area (Å²) in [6.07, 6.45) is 0. The summed E-state index contributed by atoms with van der Waals surface area (Å²) < 4.78 is 12.5. The first kappa shape index (κ1) is 19.8. The van der Waals surface area contributed by atoms with Crippen LogP contribution in [0.25, 0.3) is 11.4 Å². The average molecular weight is 426 g/mol. The third kappa shape index (κ3) is 3.35. The lowest BCUT2D eigenvalue weighted by Crippen LogP contribution is -2.32. The Bertz CT molecular complexity index is 1170.